The van der Waals surface area contributed by atoms with Gasteiger partial charge in [-0.25, -0.2) is 0 Å². The van der Waals surface area contributed by atoms with Crippen molar-refractivity contribution in [1.82, 2.24) is 0 Å². The Hall–Kier alpha value is -2.14. The van der Waals surface area contributed by atoms with Crippen LogP contribution in [0.25, 0.3) is 0 Å². The second kappa shape index (κ2) is 36.3. The summed E-state index contributed by atoms with van der Waals surface area (Å²) < 4.78 is 10.6. The van der Waals surface area contributed by atoms with Gasteiger partial charge < -0.3 is 14.6 Å². The van der Waals surface area contributed by atoms with Crippen LogP contribution in [0.4, 0.5) is 0 Å². The molecule has 1 atom stereocenters. The molecule has 0 aliphatic rings. The third kappa shape index (κ3) is 34.6. The topological polar surface area (TPSA) is 72.8 Å². The molecule has 0 unspecified atom stereocenters. The second-order valence-corrected chi connectivity index (χ2v) is 12.3. The summed E-state index contributed by atoms with van der Waals surface area (Å²) >= 11 is 0. The lowest BCUT2D eigenvalue weighted by Crippen LogP contribution is -2.28. The molecule has 0 aromatic carbocycles. The normalized spacial score (nSPS) is 12.7. The summed E-state index contributed by atoms with van der Waals surface area (Å²) in [5, 5.41) is 9.52. The monoisotopic (exact) mass is 631 g/mol. The molecule has 1 N–H and O–H groups in total. The molecule has 0 radical (unpaired) electrons. The number of hydrogen-bond acceptors (Lipinski definition) is 5. The Morgan fingerprint density at radius 3 is 1.38 bits per heavy atom. The number of hydrogen-bond donors (Lipinski definition) is 1. The Kier molecular flexibility index (Phi) is 34.6. The molecule has 0 aliphatic carbocycles. The van der Waals surface area contributed by atoms with E-state index in [0.29, 0.717) is 12.8 Å². The first-order chi connectivity index (χ1) is 22.1. The van der Waals surface area contributed by atoms with Gasteiger partial charge in [0.1, 0.15) is 6.61 Å². The Morgan fingerprint density at radius 2 is 0.889 bits per heavy atom. The van der Waals surface area contributed by atoms with Gasteiger partial charge in [0.15, 0.2) is 6.10 Å². The van der Waals surface area contributed by atoms with Crippen LogP contribution in [0, 0.1) is 0 Å². The van der Waals surface area contributed by atoms with E-state index in [9.17, 15) is 14.7 Å². The van der Waals surface area contributed by atoms with Crippen LogP contribution in [0.15, 0.2) is 48.6 Å². The van der Waals surface area contributed by atoms with Gasteiger partial charge in [0, 0.05) is 12.8 Å². The van der Waals surface area contributed by atoms with Gasteiger partial charge in [-0.15, -0.1) is 0 Å². The Labute approximate surface area is 278 Å². The number of rotatable bonds is 33. The minimum Gasteiger partial charge on any atom is -0.462 e. The molecule has 0 aromatic rings. The summed E-state index contributed by atoms with van der Waals surface area (Å²) in [4.78, 5) is 24.2. The van der Waals surface area contributed by atoms with E-state index in [2.05, 4.69) is 62.5 Å². The minimum absolute atomic E-state index is 0.0780. The van der Waals surface area contributed by atoms with Crippen LogP contribution in [0.5, 0.6) is 0 Å². The van der Waals surface area contributed by atoms with Crippen molar-refractivity contribution in [2.24, 2.45) is 0 Å². The zero-order valence-electron chi connectivity index (χ0n) is 29.4. The number of aliphatic hydroxyl groups is 1. The molecule has 0 saturated carbocycles. The number of esters is 2. The van der Waals surface area contributed by atoms with E-state index < -0.39 is 6.10 Å². The lowest BCUT2D eigenvalue weighted by atomic mass is 10.0. The standard InChI is InChI=1S/C40H70O5/c1-3-5-7-9-11-13-15-17-18-19-20-21-22-23-25-27-29-31-33-35-40(43)45-38(36-41)37-44-39(42)34-32-30-28-26-24-16-14-12-10-8-6-4-2/h11,13,17-18,20-21,23,25,38,41H,3-10,12,14-16,19,22,24,26-37H2,1-2H3/b13-11-,18-17-,21-20-,25-23-/t38-/m0/s1. The highest BCUT2D eigenvalue weighted by Gasteiger charge is 2.16. The van der Waals surface area contributed by atoms with Crippen LogP contribution in [0.1, 0.15) is 174 Å². The van der Waals surface area contributed by atoms with E-state index >= 15 is 0 Å². The van der Waals surface area contributed by atoms with Crippen LogP contribution >= 0.6 is 0 Å². The number of carbonyl (C=O) groups is 2. The van der Waals surface area contributed by atoms with Gasteiger partial charge in [0.25, 0.3) is 0 Å². The summed E-state index contributed by atoms with van der Waals surface area (Å²) in [5.41, 5.74) is 0. The van der Waals surface area contributed by atoms with Crippen molar-refractivity contribution in [3.05, 3.63) is 48.6 Å². The van der Waals surface area contributed by atoms with Crippen molar-refractivity contribution in [1.29, 1.82) is 0 Å². The molecule has 0 fully saturated rings. The van der Waals surface area contributed by atoms with E-state index in [0.717, 1.165) is 64.2 Å². The smallest absolute Gasteiger partial charge is 0.306 e. The van der Waals surface area contributed by atoms with Gasteiger partial charge in [0.2, 0.25) is 0 Å². The van der Waals surface area contributed by atoms with Crippen LogP contribution in [0.2, 0.25) is 0 Å². The molecule has 45 heavy (non-hydrogen) atoms. The van der Waals surface area contributed by atoms with E-state index in [1.165, 1.54) is 83.5 Å². The molecule has 0 aromatic heterocycles. The average molecular weight is 631 g/mol. The van der Waals surface area contributed by atoms with Crippen molar-refractivity contribution >= 4 is 11.9 Å². The van der Waals surface area contributed by atoms with Gasteiger partial charge in [-0.1, -0.05) is 152 Å². The number of allylic oxidation sites excluding steroid dienone is 8. The fraction of sp³-hybridized carbons (Fsp3) is 0.750. The first-order valence-corrected chi connectivity index (χ1v) is 18.7. The molecular formula is C40H70O5. The third-order valence-corrected chi connectivity index (χ3v) is 7.88. The van der Waals surface area contributed by atoms with E-state index in [1.807, 2.05) is 0 Å². The van der Waals surface area contributed by atoms with E-state index in [-0.39, 0.29) is 25.2 Å². The maximum Gasteiger partial charge on any atom is 0.306 e. The van der Waals surface area contributed by atoms with Crippen molar-refractivity contribution in [2.45, 2.75) is 180 Å². The van der Waals surface area contributed by atoms with Crippen molar-refractivity contribution in [2.75, 3.05) is 13.2 Å². The molecule has 0 spiro atoms. The maximum atomic E-state index is 12.1. The fourth-order valence-corrected chi connectivity index (χ4v) is 5.01. The number of unbranched alkanes of at least 4 members (excludes halogenated alkanes) is 17. The first-order valence-electron chi connectivity index (χ1n) is 18.7. The van der Waals surface area contributed by atoms with Crippen molar-refractivity contribution in [3.8, 4) is 0 Å². The van der Waals surface area contributed by atoms with Crippen LogP contribution in [0.3, 0.4) is 0 Å². The Bertz CT molecular complexity index is 767. The lowest BCUT2D eigenvalue weighted by Gasteiger charge is -2.15. The Morgan fingerprint density at radius 1 is 0.511 bits per heavy atom. The molecule has 0 aliphatic heterocycles. The van der Waals surface area contributed by atoms with Crippen LogP contribution in [-0.2, 0) is 19.1 Å². The van der Waals surface area contributed by atoms with Crippen LogP contribution < -0.4 is 0 Å². The maximum absolute atomic E-state index is 12.1. The molecule has 0 rings (SSSR count). The molecule has 5 heteroatoms. The third-order valence-electron chi connectivity index (χ3n) is 7.88. The van der Waals surface area contributed by atoms with Gasteiger partial charge in [-0.2, -0.15) is 0 Å². The SMILES string of the molecule is CCCCC/C=C\C/C=C\C/C=C\C/C=C\CCCCCC(=O)O[C@@H](CO)COC(=O)CCCCCCCCCCCCCC. The van der Waals surface area contributed by atoms with Gasteiger partial charge >= 0.3 is 11.9 Å². The molecular weight excluding hydrogens is 560 g/mol. The summed E-state index contributed by atoms with van der Waals surface area (Å²) in [5.74, 6) is -0.628. The second-order valence-electron chi connectivity index (χ2n) is 12.3. The highest BCUT2D eigenvalue weighted by molar-refractivity contribution is 5.70. The minimum atomic E-state index is -0.785. The van der Waals surface area contributed by atoms with E-state index in [4.69, 9.17) is 9.47 Å². The molecule has 0 heterocycles. The fourth-order valence-electron chi connectivity index (χ4n) is 5.01. The lowest BCUT2D eigenvalue weighted by molar-refractivity contribution is -0.161. The first kappa shape index (κ1) is 42.9. The van der Waals surface area contributed by atoms with Crippen molar-refractivity contribution < 1.29 is 24.2 Å². The van der Waals surface area contributed by atoms with Crippen molar-refractivity contribution in [3.63, 3.8) is 0 Å². The average Bonchev–Trinajstić information content (AvgIpc) is 3.04. The summed E-state index contributed by atoms with van der Waals surface area (Å²) in [6.07, 6.45) is 44.5. The predicted molar refractivity (Wildman–Crippen MR) is 191 cm³/mol. The molecule has 0 saturated heterocycles. The molecule has 5 nitrogen and oxygen atoms in total. The molecule has 260 valence electrons. The van der Waals surface area contributed by atoms with Crippen LogP contribution in [-0.4, -0.2) is 36.4 Å². The zero-order chi connectivity index (χ0) is 32.9. The highest BCUT2D eigenvalue weighted by atomic mass is 16.6. The van der Waals surface area contributed by atoms with E-state index in [1.54, 1.807) is 0 Å². The number of carbonyl (C=O) groups excluding carboxylic acids is 2. The van der Waals surface area contributed by atoms with Gasteiger partial charge in [0.05, 0.1) is 6.61 Å². The summed E-state index contributed by atoms with van der Waals surface area (Å²) in [6, 6.07) is 0. The summed E-state index contributed by atoms with van der Waals surface area (Å²) in [7, 11) is 0. The highest BCUT2D eigenvalue weighted by Crippen LogP contribution is 2.13. The Balaban J connectivity index is 3.65. The zero-order valence-corrected chi connectivity index (χ0v) is 29.4. The number of ether oxygens (including phenoxy) is 2. The summed E-state index contributed by atoms with van der Waals surface area (Å²) in [6.45, 7) is 4.07. The predicted octanol–water partition coefficient (Wildman–Crippen LogP) is 11.5. The largest absolute Gasteiger partial charge is 0.462 e. The van der Waals surface area contributed by atoms with Gasteiger partial charge in [-0.3, -0.25) is 9.59 Å². The quantitative estimate of drug-likeness (QED) is 0.0444. The molecule has 0 amide bonds. The molecule has 0 bridgehead atoms. The number of aliphatic hydroxyl groups excluding tert-OH is 1. The van der Waals surface area contributed by atoms with Gasteiger partial charge in [-0.05, 0) is 57.8 Å².